The van der Waals surface area contributed by atoms with Gasteiger partial charge in [-0.25, -0.2) is 9.97 Å². The van der Waals surface area contributed by atoms with E-state index in [1.165, 1.54) is 0 Å². The van der Waals surface area contributed by atoms with Gasteiger partial charge in [-0.3, -0.25) is 10.1 Å². The fourth-order valence-corrected chi connectivity index (χ4v) is 3.21. The molecule has 1 amide bonds. The lowest BCUT2D eigenvalue weighted by molar-refractivity contribution is -0.115. The number of thiophene rings is 1. The van der Waals surface area contributed by atoms with E-state index in [0.29, 0.717) is 5.95 Å². The Morgan fingerprint density at radius 2 is 2.37 bits per heavy atom. The molecule has 3 heterocycles. The number of anilines is 1. The number of carbonyl (C=O) groups excluding carboxylic acids is 1. The van der Waals surface area contributed by atoms with Gasteiger partial charge in [0.05, 0.1) is 17.0 Å². The fraction of sp³-hybridized carbons (Fsp3) is 0.0833. The van der Waals surface area contributed by atoms with Gasteiger partial charge in [-0.05, 0) is 11.4 Å². The third-order valence-corrected chi connectivity index (χ3v) is 4.31. The Hall–Kier alpha value is -1.99. The lowest BCUT2D eigenvalue weighted by Gasteiger charge is -1.98. The van der Waals surface area contributed by atoms with Crippen LogP contribution in [-0.4, -0.2) is 20.9 Å². The first-order chi connectivity index (χ1) is 9.31. The molecule has 0 saturated carbocycles. The lowest BCUT2D eigenvalue weighted by atomic mass is 10.3. The molecule has 96 valence electrons. The van der Waals surface area contributed by atoms with Crippen LogP contribution in [0, 0.1) is 0 Å². The summed E-state index contributed by atoms with van der Waals surface area (Å²) in [5.74, 6) is 0.330. The van der Waals surface area contributed by atoms with Crippen LogP contribution >= 0.6 is 22.7 Å². The van der Waals surface area contributed by atoms with E-state index >= 15 is 0 Å². The van der Waals surface area contributed by atoms with Gasteiger partial charge in [0.1, 0.15) is 5.01 Å². The van der Waals surface area contributed by atoms with E-state index in [9.17, 15) is 4.79 Å². The molecule has 2 N–H and O–H groups in total. The number of aromatic amines is 1. The number of carbonyl (C=O) groups is 1. The van der Waals surface area contributed by atoms with Crippen molar-refractivity contribution in [3.05, 3.63) is 41.0 Å². The third-order valence-electron chi connectivity index (χ3n) is 2.38. The summed E-state index contributed by atoms with van der Waals surface area (Å²) in [4.78, 5) is 24.1. The van der Waals surface area contributed by atoms with Gasteiger partial charge in [0.25, 0.3) is 0 Å². The molecule has 0 unspecified atom stereocenters. The van der Waals surface area contributed by atoms with Crippen LogP contribution in [0.5, 0.6) is 0 Å². The highest BCUT2D eigenvalue weighted by atomic mass is 32.1. The maximum absolute atomic E-state index is 11.8. The van der Waals surface area contributed by atoms with Gasteiger partial charge in [-0.1, -0.05) is 6.07 Å². The summed E-state index contributed by atoms with van der Waals surface area (Å²) in [7, 11) is 0. The second-order valence-electron chi connectivity index (χ2n) is 3.78. The number of nitrogens with zero attached hydrogens (tertiary/aromatic N) is 2. The van der Waals surface area contributed by atoms with Crippen LogP contribution < -0.4 is 5.32 Å². The normalized spacial score (nSPS) is 10.5. The van der Waals surface area contributed by atoms with Crippen LogP contribution in [0.15, 0.2) is 35.3 Å². The Labute approximate surface area is 117 Å². The number of aromatic nitrogens is 3. The highest BCUT2D eigenvalue weighted by molar-refractivity contribution is 7.20. The predicted octanol–water partition coefficient (Wildman–Crippen LogP) is 2.78. The Morgan fingerprint density at radius 1 is 1.42 bits per heavy atom. The van der Waals surface area contributed by atoms with Crippen LogP contribution in [0.4, 0.5) is 5.95 Å². The van der Waals surface area contributed by atoms with Crippen LogP contribution in [0.25, 0.3) is 9.88 Å². The average Bonchev–Trinajstić information content (AvgIpc) is 3.09. The Kier molecular flexibility index (Phi) is 3.39. The third kappa shape index (κ3) is 2.88. The maximum Gasteiger partial charge on any atom is 0.232 e. The zero-order chi connectivity index (χ0) is 13.1. The number of hydrogen-bond donors (Lipinski definition) is 2. The van der Waals surface area contributed by atoms with Crippen molar-refractivity contribution in [2.75, 3.05) is 5.32 Å². The molecule has 0 aliphatic rings. The molecule has 0 aliphatic carbocycles. The zero-order valence-corrected chi connectivity index (χ0v) is 11.4. The highest BCUT2D eigenvalue weighted by Crippen LogP contribution is 2.27. The molecular formula is C12H10N4OS2. The highest BCUT2D eigenvalue weighted by Gasteiger charge is 2.10. The van der Waals surface area contributed by atoms with Crippen molar-refractivity contribution < 1.29 is 4.79 Å². The van der Waals surface area contributed by atoms with E-state index in [1.54, 1.807) is 35.1 Å². The van der Waals surface area contributed by atoms with Gasteiger partial charge < -0.3 is 4.98 Å². The summed E-state index contributed by atoms with van der Waals surface area (Å²) in [6.45, 7) is 0. The lowest BCUT2D eigenvalue weighted by Crippen LogP contribution is -2.15. The smallest absolute Gasteiger partial charge is 0.232 e. The van der Waals surface area contributed by atoms with Crippen molar-refractivity contribution in [3.8, 4) is 9.88 Å². The molecule has 3 aromatic rings. The van der Waals surface area contributed by atoms with Crippen LogP contribution in [0.2, 0.25) is 0 Å². The van der Waals surface area contributed by atoms with E-state index in [0.717, 1.165) is 15.6 Å². The first-order valence-corrected chi connectivity index (χ1v) is 7.35. The number of H-pyrrole nitrogens is 1. The molecule has 3 rings (SSSR count). The Balaban J connectivity index is 1.65. The SMILES string of the molecule is O=C(Cc1csc(-c2cccs2)n1)Nc1ncc[nH]1. The largest absolute Gasteiger partial charge is 0.331 e. The Morgan fingerprint density at radius 3 is 3.11 bits per heavy atom. The average molecular weight is 290 g/mol. The van der Waals surface area contributed by atoms with Gasteiger partial charge in [0.15, 0.2) is 0 Å². The molecule has 0 aromatic carbocycles. The summed E-state index contributed by atoms with van der Waals surface area (Å²) in [6.07, 6.45) is 3.50. The molecule has 5 nitrogen and oxygen atoms in total. The van der Waals surface area contributed by atoms with E-state index in [2.05, 4.69) is 20.3 Å². The Bertz CT molecular complexity index is 658. The quantitative estimate of drug-likeness (QED) is 0.776. The van der Waals surface area contributed by atoms with E-state index < -0.39 is 0 Å². The summed E-state index contributed by atoms with van der Waals surface area (Å²) < 4.78 is 0. The molecule has 7 heteroatoms. The van der Waals surface area contributed by atoms with Crippen molar-refractivity contribution >= 4 is 34.5 Å². The standard InChI is InChI=1S/C12H10N4OS2/c17-10(16-12-13-3-4-14-12)6-8-7-19-11(15-8)9-2-1-5-18-9/h1-5,7H,6H2,(H2,13,14,16,17). The second kappa shape index (κ2) is 5.33. The van der Waals surface area contributed by atoms with Crippen molar-refractivity contribution in [2.45, 2.75) is 6.42 Å². The number of amides is 1. The van der Waals surface area contributed by atoms with Crippen molar-refractivity contribution in [3.63, 3.8) is 0 Å². The minimum atomic E-state index is -0.127. The topological polar surface area (TPSA) is 70.7 Å². The van der Waals surface area contributed by atoms with Crippen molar-refractivity contribution in [2.24, 2.45) is 0 Å². The molecule has 0 spiro atoms. The summed E-state index contributed by atoms with van der Waals surface area (Å²) in [5, 5.41) is 7.56. The first-order valence-electron chi connectivity index (χ1n) is 5.59. The minimum absolute atomic E-state index is 0.127. The molecule has 0 aliphatic heterocycles. The first kappa shape index (κ1) is 12.1. The summed E-state index contributed by atoms with van der Waals surface area (Å²) in [5.41, 5.74) is 0.775. The van der Waals surface area contributed by atoms with E-state index in [-0.39, 0.29) is 12.3 Å². The summed E-state index contributed by atoms with van der Waals surface area (Å²) in [6, 6.07) is 4.01. The number of nitrogens with one attached hydrogen (secondary N) is 2. The fourth-order valence-electron chi connectivity index (χ4n) is 1.58. The monoisotopic (exact) mass is 290 g/mol. The number of thiazole rings is 1. The van der Waals surface area contributed by atoms with Crippen LogP contribution in [0.1, 0.15) is 5.69 Å². The van der Waals surface area contributed by atoms with E-state index in [4.69, 9.17) is 0 Å². The zero-order valence-electron chi connectivity index (χ0n) is 9.79. The molecule has 0 bridgehead atoms. The molecule has 0 radical (unpaired) electrons. The number of hydrogen-bond acceptors (Lipinski definition) is 5. The van der Waals surface area contributed by atoms with Crippen LogP contribution in [0.3, 0.4) is 0 Å². The number of rotatable bonds is 4. The van der Waals surface area contributed by atoms with Gasteiger partial charge in [0, 0.05) is 17.8 Å². The van der Waals surface area contributed by atoms with Gasteiger partial charge in [-0.2, -0.15) is 0 Å². The van der Waals surface area contributed by atoms with Gasteiger partial charge >= 0.3 is 0 Å². The number of imidazole rings is 1. The van der Waals surface area contributed by atoms with Gasteiger partial charge in [0.2, 0.25) is 11.9 Å². The van der Waals surface area contributed by atoms with Crippen LogP contribution in [-0.2, 0) is 11.2 Å². The molecule has 3 aromatic heterocycles. The van der Waals surface area contributed by atoms with Crippen molar-refractivity contribution in [1.82, 2.24) is 15.0 Å². The molecular weight excluding hydrogens is 280 g/mol. The van der Waals surface area contributed by atoms with Gasteiger partial charge in [-0.15, -0.1) is 22.7 Å². The molecule has 0 saturated heterocycles. The molecule has 0 fully saturated rings. The molecule has 0 atom stereocenters. The van der Waals surface area contributed by atoms with Crippen molar-refractivity contribution in [1.29, 1.82) is 0 Å². The second-order valence-corrected chi connectivity index (χ2v) is 5.59. The summed E-state index contributed by atoms with van der Waals surface area (Å²) >= 11 is 3.20. The predicted molar refractivity (Wildman–Crippen MR) is 76.3 cm³/mol. The molecule has 19 heavy (non-hydrogen) atoms. The van der Waals surface area contributed by atoms with E-state index in [1.807, 2.05) is 22.9 Å². The maximum atomic E-state index is 11.8. The minimum Gasteiger partial charge on any atom is -0.331 e.